The van der Waals surface area contributed by atoms with Gasteiger partial charge in [0.15, 0.2) is 5.17 Å². The Morgan fingerprint density at radius 2 is 1.77 bits per heavy atom. The monoisotopic (exact) mass is 543 g/mol. The summed E-state index contributed by atoms with van der Waals surface area (Å²) in [6, 6.07) is 21.9. The third-order valence-corrected chi connectivity index (χ3v) is 7.01. The summed E-state index contributed by atoms with van der Waals surface area (Å²) in [5, 5.41) is 5.32. The molecule has 0 aliphatic carbocycles. The van der Waals surface area contributed by atoms with Crippen LogP contribution in [-0.4, -0.2) is 28.6 Å². The third-order valence-electron chi connectivity index (χ3n) is 6.12. The van der Waals surface area contributed by atoms with E-state index in [1.54, 1.807) is 13.8 Å². The quantitative estimate of drug-likeness (QED) is 0.315. The van der Waals surface area contributed by atoms with Crippen LogP contribution in [0.15, 0.2) is 106 Å². The summed E-state index contributed by atoms with van der Waals surface area (Å²) in [7, 11) is 0. The molecule has 0 aromatic heterocycles. The van der Waals surface area contributed by atoms with Crippen LogP contribution in [0.3, 0.4) is 0 Å². The van der Waals surface area contributed by atoms with Gasteiger partial charge in [-0.1, -0.05) is 42.1 Å². The van der Waals surface area contributed by atoms with E-state index in [4.69, 9.17) is 9.47 Å². The van der Waals surface area contributed by atoms with E-state index < -0.39 is 12.0 Å². The number of rotatable bonds is 8. The number of amides is 1. The van der Waals surface area contributed by atoms with Gasteiger partial charge in [0, 0.05) is 11.4 Å². The van der Waals surface area contributed by atoms with Crippen molar-refractivity contribution >= 4 is 34.5 Å². The molecular weight excluding hydrogens is 517 g/mol. The summed E-state index contributed by atoms with van der Waals surface area (Å²) >= 11 is 1.39. The molecule has 0 spiro atoms. The molecule has 2 aliphatic heterocycles. The standard InChI is InChI=1S/C30H26FN3O4S/c1-3-37-29(36)27-19(2)32-30-34(23(18-39-30)17-26(35)33-22-14-12-21(31)13-15-22)28(27)20-8-7-11-25(16-20)38-24-9-5-4-6-10-24/h4-16,18,28H,3,17H2,1-2H3,(H,33,35)/t28-/m0/s1. The van der Waals surface area contributed by atoms with Gasteiger partial charge < -0.3 is 19.7 Å². The largest absolute Gasteiger partial charge is 0.463 e. The van der Waals surface area contributed by atoms with Crippen molar-refractivity contribution in [2.75, 3.05) is 11.9 Å². The van der Waals surface area contributed by atoms with Crippen LogP contribution in [0, 0.1) is 5.82 Å². The van der Waals surface area contributed by atoms with E-state index in [2.05, 4.69) is 10.3 Å². The number of aliphatic imine (C=N–C) groups is 1. The second-order valence-electron chi connectivity index (χ2n) is 8.83. The second-order valence-corrected chi connectivity index (χ2v) is 9.67. The number of hydrogen-bond acceptors (Lipinski definition) is 7. The van der Waals surface area contributed by atoms with Gasteiger partial charge in [-0.05, 0) is 73.3 Å². The number of hydrogen-bond donors (Lipinski definition) is 1. The average molecular weight is 544 g/mol. The number of para-hydroxylation sites is 1. The molecule has 1 atom stereocenters. The number of nitrogens with zero attached hydrogens (tertiary/aromatic N) is 2. The number of carbonyl (C=O) groups is 2. The first kappa shape index (κ1) is 26.2. The highest BCUT2D eigenvalue weighted by Gasteiger charge is 2.41. The van der Waals surface area contributed by atoms with Crippen LogP contribution in [0.2, 0.25) is 0 Å². The maximum absolute atomic E-state index is 13.3. The zero-order valence-corrected chi connectivity index (χ0v) is 22.2. The molecular formula is C30H26FN3O4S. The fourth-order valence-electron chi connectivity index (χ4n) is 4.43. The number of anilines is 1. The highest BCUT2D eigenvalue weighted by Crippen LogP contribution is 2.45. The van der Waals surface area contributed by atoms with Gasteiger partial charge in [-0.25, -0.2) is 14.2 Å². The first-order valence-electron chi connectivity index (χ1n) is 12.4. The van der Waals surface area contributed by atoms with E-state index in [0.29, 0.717) is 39.3 Å². The minimum Gasteiger partial charge on any atom is -0.463 e. The van der Waals surface area contributed by atoms with Crippen LogP contribution >= 0.6 is 11.8 Å². The number of allylic oxidation sites excluding steroid dienone is 1. The van der Waals surface area contributed by atoms with E-state index in [-0.39, 0.29) is 24.8 Å². The van der Waals surface area contributed by atoms with E-state index in [0.717, 1.165) is 5.56 Å². The molecule has 2 heterocycles. The molecule has 2 aliphatic rings. The van der Waals surface area contributed by atoms with Crippen LogP contribution in [-0.2, 0) is 14.3 Å². The zero-order chi connectivity index (χ0) is 27.4. The van der Waals surface area contributed by atoms with Crippen molar-refractivity contribution in [1.29, 1.82) is 0 Å². The lowest BCUT2D eigenvalue weighted by molar-refractivity contribution is -0.139. The molecule has 1 N–H and O–H groups in total. The number of benzene rings is 3. The van der Waals surface area contributed by atoms with Crippen LogP contribution in [0.4, 0.5) is 10.1 Å². The van der Waals surface area contributed by atoms with Gasteiger partial charge in [-0.3, -0.25) is 4.79 Å². The summed E-state index contributed by atoms with van der Waals surface area (Å²) in [5.74, 6) is 0.164. The fraction of sp³-hybridized carbons (Fsp3) is 0.167. The Balaban J connectivity index is 1.47. The number of fused-ring (bicyclic) bond motifs is 1. The molecule has 198 valence electrons. The van der Waals surface area contributed by atoms with Gasteiger partial charge in [0.1, 0.15) is 17.3 Å². The number of thioether (sulfide) groups is 1. The molecule has 0 bridgehead atoms. The van der Waals surface area contributed by atoms with Crippen molar-refractivity contribution in [1.82, 2.24) is 4.90 Å². The number of esters is 1. The Bertz CT molecular complexity index is 1490. The summed E-state index contributed by atoms with van der Waals surface area (Å²) < 4.78 is 24.8. The number of ether oxygens (including phenoxy) is 2. The fourth-order valence-corrected chi connectivity index (χ4v) is 5.39. The van der Waals surface area contributed by atoms with Crippen LogP contribution < -0.4 is 10.1 Å². The molecule has 0 unspecified atom stereocenters. The van der Waals surface area contributed by atoms with Crippen molar-refractivity contribution < 1.29 is 23.5 Å². The zero-order valence-electron chi connectivity index (χ0n) is 21.4. The van der Waals surface area contributed by atoms with E-state index in [9.17, 15) is 14.0 Å². The molecule has 39 heavy (non-hydrogen) atoms. The predicted molar refractivity (Wildman–Crippen MR) is 150 cm³/mol. The van der Waals surface area contributed by atoms with Gasteiger partial charge in [-0.15, -0.1) is 0 Å². The Morgan fingerprint density at radius 1 is 1.03 bits per heavy atom. The van der Waals surface area contributed by atoms with Gasteiger partial charge in [-0.2, -0.15) is 0 Å². The van der Waals surface area contributed by atoms with Gasteiger partial charge in [0.25, 0.3) is 0 Å². The number of nitrogens with one attached hydrogen (secondary N) is 1. The second kappa shape index (κ2) is 11.6. The molecule has 0 saturated heterocycles. The van der Waals surface area contributed by atoms with E-state index in [1.807, 2.05) is 64.9 Å². The van der Waals surface area contributed by atoms with E-state index >= 15 is 0 Å². The first-order valence-corrected chi connectivity index (χ1v) is 13.3. The highest BCUT2D eigenvalue weighted by atomic mass is 32.2. The minimum atomic E-state index is -0.587. The summed E-state index contributed by atoms with van der Waals surface area (Å²) in [5.41, 5.74) is 2.89. The van der Waals surface area contributed by atoms with Gasteiger partial charge >= 0.3 is 5.97 Å². The van der Waals surface area contributed by atoms with Gasteiger partial charge in [0.2, 0.25) is 5.91 Å². The number of carbonyl (C=O) groups excluding carboxylic acids is 2. The lowest BCUT2D eigenvalue weighted by atomic mass is 9.93. The summed E-state index contributed by atoms with van der Waals surface area (Å²) in [6.45, 7) is 3.76. The van der Waals surface area contributed by atoms with Crippen LogP contribution in [0.25, 0.3) is 0 Å². The smallest absolute Gasteiger partial charge is 0.338 e. The molecule has 3 aromatic carbocycles. The van der Waals surface area contributed by atoms with Crippen LogP contribution in [0.1, 0.15) is 31.9 Å². The van der Waals surface area contributed by atoms with Crippen LogP contribution in [0.5, 0.6) is 11.5 Å². The predicted octanol–water partition coefficient (Wildman–Crippen LogP) is 6.78. The van der Waals surface area contributed by atoms with Crippen molar-refractivity contribution in [3.63, 3.8) is 0 Å². The lowest BCUT2D eigenvalue weighted by Gasteiger charge is -2.36. The molecule has 7 nitrogen and oxygen atoms in total. The first-order chi connectivity index (χ1) is 18.9. The Kier molecular flexibility index (Phi) is 7.79. The minimum absolute atomic E-state index is 0.0231. The lowest BCUT2D eigenvalue weighted by Crippen LogP contribution is -2.37. The summed E-state index contributed by atoms with van der Waals surface area (Å²) in [6.07, 6.45) is 0.0231. The third kappa shape index (κ3) is 5.88. The van der Waals surface area contributed by atoms with Crippen molar-refractivity contribution in [3.8, 4) is 11.5 Å². The number of amidine groups is 1. The molecule has 5 rings (SSSR count). The molecule has 0 fully saturated rings. The Labute approximate surface area is 230 Å². The van der Waals surface area contributed by atoms with Gasteiger partial charge in [0.05, 0.1) is 30.3 Å². The SMILES string of the molecule is CCOC(=O)C1=C(C)N=C2SC=C(CC(=O)Nc3ccc(F)cc3)N2[C@H]1c1cccc(Oc2ccccc2)c1. The normalized spacial score (nSPS) is 16.3. The molecule has 3 aromatic rings. The van der Waals surface area contributed by atoms with Crippen molar-refractivity contribution in [2.45, 2.75) is 26.3 Å². The maximum Gasteiger partial charge on any atom is 0.338 e. The van der Waals surface area contributed by atoms with E-state index in [1.165, 1.54) is 36.0 Å². The molecule has 9 heteroatoms. The van der Waals surface area contributed by atoms with Crippen molar-refractivity contribution in [3.05, 3.63) is 113 Å². The maximum atomic E-state index is 13.3. The molecule has 0 saturated carbocycles. The average Bonchev–Trinajstić information content (AvgIpc) is 3.31. The molecule has 0 radical (unpaired) electrons. The Hall–Kier alpha value is -4.37. The Morgan fingerprint density at radius 3 is 2.51 bits per heavy atom. The topological polar surface area (TPSA) is 80.2 Å². The highest BCUT2D eigenvalue weighted by molar-refractivity contribution is 8.16. The molecule has 1 amide bonds. The number of halogens is 1. The summed E-state index contributed by atoms with van der Waals surface area (Å²) in [4.78, 5) is 32.7. The van der Waals surface area contributed by atoms with Crippen molar-refractivity contribution in [2.24, 2.45) is 4.99 Å².